The second kappa shape index (κ2) is 4.31. The lowest BCUT2D eigenvalue weighted by atomic mass is 9.97. The third-order valence-corrected chi connectivity index (χ3v) is 4.14. The van der Waals surface area contributed by atoms with Gasteiger partial charge in [-0.05, 0) is 35.1 Å². The zero-order chi connectivity index (χ0) is 13.5. The lowest BCUT2D eigenvalue weighted by molar-refractivity contribution is 0.103. The van der Waals surface area contributed by atoms with Crippen LogP contribution in [0.2, 0.25) is 0 Å². The summed E-state index contributed by atoms with van der Waals surface area (Å²) in [7, 11) is 0. The molecule has 0 aliphatic heterocycles. The van der Waals surface area contributed by atoms with Crippen molar-refractivity contribution in [2.45, 2.75) is 12.8 Å². The van der Waals surface area contributed by atoms with Crippen LogP contribution in [0.4, 0.5) is 0 Å². The Kier molecular flexibility index (Phi) is 2.46. The summed E-state index contributed by atoms with van der Waals surface area (Å²) >= 11 is 0. The largest absolute Gasteiger partial charge is 0.289 e. The minimum atomic E-state index is 0.175. The maximum Gasteiger partial charge on any atom is 0.194 e. The van der Waals surface area contributed by atoms with E-state index in [1.807, 2.05) is 36.4 Å². The summed E-state index contributed by atoms with van der Waals surface area (Å²) in [4.78, 5) is 12.9. The molecule has 1 heteroatoms. The highest BCUT2D eigenvalue weighted by Crippen LogP contribution is 2.36. The number of aryl methyl sites for hydroxylation is 2. The molecule has 20 heavy (non-hydrogen) atoms. The zero-order valence-corrected chi connectivity index (χ0v) is 11.1. The molecule has 0 fully saturated rings. The molecule has 4 rings (SSSR count). The number of hydrogen-bond donors (Lipinski definition) is 0. The summed E-state index contributed by atoms with van der Waals surface area (Å²) in [6.45, 7) is 0. The van der Waals surface area contributed by atoms with Gasteiger partial charge < -0.3 is 0 Å². The molecule has 0 aromatic heterocycles. The highest BCUT2D eigenvalue weighted by Gasteiger charge is 2.26. The lowest BCUT2D eigenvalue weighted by Gasteiger charge is -2.05. The van der Waals surface area contributed by atoms with Crippen molar-refractivity contribution in [2.75, 3.05) is 0 Å². The Morgan fingerprint density at radius 2 is 1.40 bits per heavy atom. The third-order valence-electron chi connectivity index (χ3n) is 4.14. The molecule has 96 valence electrons. The fourth-order valence-electron chi connectivity index (χ4n) is 3.18. The molecule has 1 aromatic rings. The molecule has 0 heterocycles. The Balaban J connectivity index is 2.00. The minimum Gasteiger partial charge on any atom is -0.289 e. The van der Waals surface area contributed by atoms with Gasteiger partial charge in [-0.2, -0.15) is 0 Å². The molecule has 0 saturated heterocycles. The summed E-state index contributed by atoms with van der Waals surface area (Å²) in [5.41, 5.74) is 6.36. The van der Waals surface area contributed by atoms with Crippen molar-refractivity contribution < 1.29 is 4.79 Å². The smallest absolute Gasteiger partial charge is 0.194 e. The summed E-state index contributed by atoms with van der Waals surface area (Å²) in [5.74, 6) is 0.175. The van der Waals surface area contributed by atoms with Crippen LogP contribution in [0.5, 0.6) is 0 Å². The number of ketones is 1. The molecule has 0 amide bonds. The van der Waals surface area contributed by atoms with Crippen molar-refractivity contribution in [3.05, 3.63) is 82.9 Å². The van der Waals surface area contributed by atoms with E-state index in [9.17, 15) is 4.79 Å². The predicted octanol–water partition coefficient (Wildman–Crippen LogP) is 4.12. The maximum absolute atomic E-state index is 12.9. The SMILES string of the molecule is O=C1c2ccccc2CCc2cc3cccccc-3c21. The standard InChI is InChI=1S/C19H14O/c20-19-17-9-5-4-6-13(17)10-11-15-12-14-7-2-1-3-8-16(14)18(15)19/h1-9,12H,10-11H2. The molecular formula is C19H14O. The van der Waals surface area contributed by atoms with Crippen molar-refractivity contribution in [3.8, 4) is 11.1 Å². The molecule has 0 unspecified atom stereocenters. The molecule has 3 aliphatic carbocycles. The van der Waals surface area contributed by atoms with E-state index in [0.29, 0.717) is 0 Å². The van der Waals surface area contributed by atoms with E-state index >= 15 is 0 Å². The third kappa shape index (κ3) is 1.60. The van der Waals surface area contributed by atoms with E-state index in [0.717, 1.165) is 35.1 Å². The summed E-state index contributed by atoms with van der Waals surface area (Å²) < 4.78 is 0. The molecule has 3 aliphatic rings. The molecule has 1 nitrogen and oxygen atoms in total. The minimum absolute atomic E-state index is 0.175. The number of rotatable bonds is 0. The van der Waals surface area contributed by atoms with Gasteiger partial charge in [0, 0.05) is 11.1 Å². The van der Waals surface area contributed by atoms with Gasteiger partial charge in [-0.25, -0.2) is 0 Å². The van der Waals surface area contributed by atoms with Crippen molar-refractivity contribution in [3.63, 3.8) is 0 Å². The van der Waals surface area contributed by atoms with Crippen LogP contribution in [0.25, 0.3) is 11.1 Å². The Hall–Kier alpha value is -2.41. The number of hydrogen-bond acceptors (Lipinski definition) is 1. The molecule has 0 N–H and O–H groups in total. The number of carbonyl (C=O) groups excluding carboxylic acids is 1. The van der Waals surface area contributed by atoms with Gasteiger partial charge in [0.2, 0.25) is 0 Å². The summed E-state index contributed by atoms with van der Waals surface area (Å²) in [6.07, 6.45) is 1.88. The zero-order valence-electron chi connectivity index (χ0n) is 11.1. The predicted molar refractivity (Wildman–Crippen MR) is 80.3 cm³/mol. The maximum atomic E-state index is 12.9. The quantitative estimate of drug-likeness (QED) is 0.592. The Morgan fingerprint density at radius 3 is 2.35 bits per heavy atom. The highest BCUT2D eigenvalue weighted by molar-refractivity contribution is 6.16. The Bertz CT molecular complexity index is 785. The highest BCUT2D eigenvalue weighted by atomic mass is 16.1. The molecular weight excluding hydrogens is 244 g/mol. The van der Waals surface area contributed by atoms with Crippen LogP contribution in [0, 0.1) is 0 Å². The second-order valence-electron chi connectivity index (χ2n) is 5.31. The molecule has 1 aromatic carbocycles. The van der Waals surface area contributed by atoms with Crippen LogP contribution in [0.3, 0.4) is 0 Å². The molecule has 0 saturated carbocycles. The average molecular weight is 258 g/mol. The normalized spacial score (nSPS) is 13.7. The Labute approximate surface area is 118 Å². The van der Waals surface area contributed by atoms with Gasteiger partial charge in [0.05, 0.1) is 0 Å². The van der Waals surface area contributed by atoms with Gasteiger partial charge in [-0.15, -0.1) is 0 Å². The van der Waals surface area contributed by atoms with Crippen molar-refractivity contribution in [2.24, 2.45) is 0 Å². The summed E-state index contributed by atoms with van der Waals surface area (Å²) in [6, 6.07) is 20.3. The fourth-order valence-corrected chi connectivity index (χ4v) is 3.18. The van der Waals surface area contributed by atoms with E-state index in [2.05, 4.69) is 24.3 Å². The van der Waals surface area contributed by atoms with Crippen LogP contribution in [0.1, 0.15) is 27.0 Å². The molecule has 0 spiro atoms. The van der Waals surface area contributed by atoms with Gasteiger partial charge >= 0.3 is 0 Å². The van der Waals surface area contributed by atoms with Gasteiger partial charge in [0.15, 0.2) is 5.78 Å². The first kappa shape index (κ1) is 11.4. The lowest BCUT2D eigenvalue weighted by Crippen LogP contribution is -2.03. The van der Waals surface area contributed by atoms with Gasteiger partial charge in [0.1, 0.15) is 0 Å². The van der Waals surface area contributed by atoms with Crippen molar-refractivity contribution in [1.29, 1.82) is 0 Å². The second-order valence-corrected chi connectivity index (χ2v) is 5.31. The van der Waals surface area contributed by atoms with Gasteiger partial charge in [0.25, 0.3) is 0 Å². The van der Waals surface area contributed by atoms with E-state index in [1.165, 1.54) is 11.1 Å². The van der Waals surface area contributed by atoms with E-state index in [1.54, 1.807) is 0 Å². The molecule has 0 radical (unpaired) electrons. The fraction of sp³-hybridized carbons (Fsp3) is 0.105. The molecule has 0 atom stereocenters. The van der Waals surface area contributed by atoms with Crippen LogP contribution < -0.4 is 0 Å². The molecule has 0 bridgehead atoms. The van der Waals surface area contributed by atoms with Crippen LogP contribution >= 0.6 is 0 Å². The first-order valence-electron chi connectivity index (χ1n) is 6.98. The Morgan fingerprint density at radius 1 is 0.700 bits per heavy atom. The van der Waals surface area contributed by atoms with Crippen molar-refractivity contribution in [1.82, 2.24) is 0 Å². The number of carbonyl (C=O) groups is 1. The average Bonchev–Trinajstić information content (AvgIpc) is 2.62. The van der Waals surface area contributed by atoms with E-state index < -0.39 is 0 Å². The number of benzene rings is 1. The van der Waals surface area contributed by atoms with Crippen LogP contribution in [-0.2, 0) is 12.8 Å². The van der Waals surface area contributed by atoms with E-state index in [-0.39, 0.29) is 5.78 Å². The van der Waals surface area contributed by atoms with Gasteiger partial charge in [-0.3, -0.25) is 4.79 Å². The first-order valence-corrected chi connectivity index (χ1v) is 6.98. The number of fused-ring (bicyclic) bond motifs is 4. The first-order chi connectivity index (χ1) is 9.84. The van der Waals surface area contributed by atoms with Crippen LogP contribution in [-0.4, -0.2) is 5.78 Å². The van der Waals surface area contributed by atoms with Crippen LogP contribution in [0.15, 0.2) is 60.7 Å². The van der Waals surface area contributed by atoms with E-state index in [4.69, 9.17) is 0 Å². The topological polar surface area (TPSA) is 17.1 Å². The monoisotopic (exact) mass is 258 g/mol. The summed E-state index contributed by atoms with van der Waals surface area (Å²) in [5, 5.41) is 0. The van der Waals surface area contributed by atoms with Gasteiger partial charge in [-0.1, -0.05) is 60.7 Å². The van der Waals surface area contributed by atoms with Crippen molar-refractivity contribution >= 4 is 5.78 Å².